The Kier molecular flexibility index (Phi) is 31.6. The highest BCUT2D eigenvalue weighted by Crippen LogP contribution is 2.29. The van der Waals surface area contributed by atoms with Gasteiger partial charge in [0, 0.05) is 32.2 Å². The Labute approximate surface area is 374 Å². The number of urea groups is 1. The standard InChI is InChI=1S/C43H80N8O12/c1-33(2)13-18-56-22-26-60-29-25-59-21-17-51-36-11-7-6-8-12-37(41(36)49-50-51)63-32-39(53)45-16-20-58-24-28-62-31-30-61-27-23-57-19-14-38(52)48-40(34(3)4)42(54)47-35(5)10-9-15-46-43(44)55/h33-35,37,40H,6-32H2,1-5H3,(H,45,53)(H,47,54)(H,48,52)(H3,44,46,55)/t35-,37?,40+/m1/s1. The van der Waals surface area contributed by atoms with E-state index in [9.17, 15) is 19.2 Å². The Balaban J connectivity index is 1.46. The number of primary amides is 1. The lowest BCUT2D eigenvalue weighted by Gasteiger charge is -2.24. The molecule has 2 rings (SSSR count). The first kappa shape index (κ1) is 55.6. The fraction of sp³-hybridized carbons (Fsp3) is 0.860. The van der Waals surface area contributed by atoms with Gasteiger partial charge in [-0.15, -0.1) is 5.10 Å². The summed E-state index contributed by atoms with van der Waals surface area (Å²) >= 11 is 0. The largest absolute Gasteiger partial charge is 0.379 e. The minimum absolute atomic E-state index is 0.0760. The van der Waals surface area contributed by atoms with Crippen molar-refractivity contribution in [3.8, 4) is 0 Å². The van der Waals surface area contributed by atoms with Gasteiger partial charge >= 0.3 is 6.03 Å². The van der Waals surface area contributed by atoms with E-state index in [4.69, 9.17) is 43.6 Å². The first-order chi connectivity index (χ1) is 30.5. The van der Waals surface area contributed by atoms with Gasteiger partial charge in [-0.05, 0) is 57.3 Å². The Hall–Kier alpha value is -3.50. The first-order valence-electron chi connectivity index (χ1n) is 23.0. The summed E-state index contributed by atoms with van der Waals surface area (Å²) in [6.45, 7) is 17.4. The molecule has 1 aromatic rings. The number of hydrogen-bond donors (Lipinski definition) is 5. The van der Waals surface area contributed by atoms with Crippen molar-refractivity contribution in [3.05, 3.63) is 11.4 Å². The number of nitrogens with zero attached hydrogens (tertiary/aromatic N) is 3. The number of fused-ring (bicyclic) bond motifs is 1. The van der Waals surface area contributed by atoms with E-state index in [-0.39, 0.29) is 55.4 Å². The lowest BCUT2D eigenvalue weighted by atomic mass is 9.99. The van der Waals surface area contributed by atoms with E-state index in [1.54, 1.807) is 0 Å². The molecule has 0 bridgehead atoms. The SMILES string of the molecule is CC(C)CCOCCOCCOCCn1nnc2c1CCCCCC2OCC(=O)NCCOCCOCCOCCOCCC(=O)N[C@H](C(=O)N[C@H](C)CCCNC(N)=O)C(C)C. The van der Waals surface area contributed by atoms with Crippen LogP contribution < -0.4 is 27.0 Å². The second-order valence-electron chi connectivity index (χ2n) is 16.2. The van der Waals surface area contributed by atoms with Crippen LogP contribution in [0, 0.1) is 11.8 Å². The van der Waals surface area contributed by atoms with E-state index in [0.29, 0.717) is 118 Å². The van der Waals surface area contributed by atoms with Crippen molar-refractivity contribution in [2.24, 2.45) is 17.6 Å². The third kappa shape index (κ3) is 28.1. The van der Waals surface area contributed by atoms with E-state index < -0.39 is 12.1 Å². The lowest BCUT2D eigenvalue weighted by Crippen LogP contribution is -2.51. The number of aromatic nitrogens is 3. The lowest BCUT2D eigenvalue weighted by molar-refractivity contribution is -0.131. The molecule has 1 aliphatic carbocycles. The Morgan fingerprint density at radius 2 is 1.29 bits per heavy atom. The third-order valence-electron chi connectivity index (χ3n) is 9.92. The fourth-order valence-electron chi connectivity index (χ4n) is 6.36. The number of nitrogens with one attached hydrogen (secondary N) is 4. The number of hydrogen-bond acceptors (Lipinski definition) is 14. The molecule has 63 heavy (non-hydrogen) atoms. The van der Waals surface area contributed by atoms with Gasteiger partial charge in [0.05, 0.1) is 98.1 Å². The molecule has 0 aromatic carbocycles. The van der Waals surface area contributed by atoms with Crippen molar-refractivity contribution >= 4 is 23.8 Å². The molecule has 1 heterocycles. The number of carbonyl (C=O) groups is 4. The van der Waals surface area contributed by atoms with Gasteiger partial charge in [0.25, 0.3) is 0 Å². The summed E-state index contributed by atoms with van der Waals surface area (Å²) in [4.78, 5) is 48.5. The smallest absolute Gasteiger partial charge is 0.312 e. The average molecular weight is 901 g/mol. The Bertz CT molecular complexity index is 1370. The number of rotatable bonds is 38. The summed E-state index contributed by atoms with van der Waals surface area (Å²) in [7, 11) is 0. The van der Waals surface area contributed by atoms with Gasteiger partial charge in [-0.3, -0.25) is 14.4 Å². The number of carbonyl (C=O) groups excluding carboxylic acids is 4. The highest BCUT2D eigenvalue weighted by Gasteiger charge is 2.26. The minimum atomic E-state index is -0.671. The third-order valence-corrected chi connectivity index (χ3v) is 9.92. The number of ether oxygens (including phenoxy) is 8. The molecule has 1 unspecified atom stereocenters. The van der Waals surface area contributed by atoms with Crippen LogP contribution in [-0.4, -0.2) is 163 Å². The van der Waals surface area contributed by atoms with Crippen molar-refractivity contribution in [2.75, 3.05) is 112 Å². The summed E-state index contributed by atoms with van der Waals surface area (Å²) in [5, 5.41) is 19.9. The minimum Gasteiger partial charge on any atom is -0.379 e. The van der Waals surface area contributed by atoms with Crippen molar-refractivity contribution < 1.29 is 57.1 Å². The predicted molar refractivity (Wildman–Crippen MR) is 235 cm³/mol. The van der Waals surface area contributed by atoms with Gasteiger partial charge in [-0.1, -0.05) is 45.7 Å². The Morgan fingerprint density at radius 1 is 0.683 bits per heavy atom. The molecular formula is C43H80N8O12. The second-order valence-corrected chi connectivity index (χ2v) is 16.2. The molecule has 0 saturated carbocycles. The van der Waals surface area contributed by atoms with Crippen LogP contribution in [0.25, 0.3) is 0 Å². The molecule has 364 valence electrons. The molecule has 5 amide bonds. The van der Waals surface area contributed by atoms with Gasteiger partial charge < -0.3 is 64.9 Å². The normalized spacial score (nSPS) is 15.1. The molecule has 0 saturated heterocycles. The van der Waals surface area contributed by atoms with Crippen LogP contribution in [0.2, 0.25) is 0 Å². The molecule has 1 aliphatic rings. The van der Waals surface area contributed by atoms with Crippen molar-refractivity contribution in [1.82, 2.24) is 36.3 Å². The van der Waals surface area contributed by atoms with Crippen LogP contribution in [0.5, 0.6) is 0 Å². The first-order valence-corrected chi connectivity index (χ1v) is 23.0. The van der Waals surface area contributed by atoms with Crippen LogP contribution in [0.4, 0.5) is 4.79 Å². The highest BCUT2D eigenvalue weighted by atomic mass is 16.6. The topological polar surface area (TPSA) is 247 Å². The van der Waals surface area contributed by atoms with Gasteiger partial charge in [-0.25, -0.2) is 9.48 Å². The highest BCUT2D eigenvalue weighted by molar-refractivity contribution is 5.88. The van der Waals surface area contributed by atoms with Gasteiger partial charge in [-0.2, -0.15) is 0 Å². The maximum absolute atomic E-state index is 12.8. The molecule has 0 radical (unpaired) electrons. The maximum atomic E-state index is 12.8. The van der Waals surface area contributed by atoms with Crippen LogP contribution in [-0.2, 0) is 65.2 Å². The summed E-state index contributed by atoms with van der Waals surface area (Å²) in [6, 6.07) is -1.38. The monoisotopic (exact) mass is 901 g/mol. The summed E-state index contributed by atoms with van der Waals surface area (Å²) in [5.41, 5.74) is 6.91. The van der Waals surface area contributed by atoms with Crippen LogP contribution >= 0.6 is 0 Å². The summed E-state index contributed by atoms with van der Waals surface area (Å²) in [5.74, 6) is -0.215. The molecule has 20 heteroatoms. The van der Waals surface area contributed by atoms with E-state index in [2.05, 4.69) is 45.4 Å². The molecule has 0 fully saturated rings. The molecule has 0 aliphatic heterocycles. The molecule has 0 spiro atoms. The fourth-order valence-corrected chi connectivity index (χ4v) is 6.36. The van der Waals surface area contributed by atoms with E-state index in [1.165, 1.54) is 0 Å². The van der Waals surface area contributed by atoms with E-state index in [1.807, 2.05) is 25.5 Å². The van der Waals surface area contributed by atoms with Crippen LogP contribution in [0.1, 0.15) is 103 Å². The van der Waals surface area contributed by atoms with Gasteiger partial charge in [0.2, 0.25) is 17.7 Å². The number of amides is 5. The van der Waals surface area contributed by atoms with Gasteiger partial charge in [0.1, 0.15) is 24.4 Å². The van der Waals surface area contributed by atoms with E-state index >= 15 is 0 Å². The zero-order chi connectivity index (χ0) is 45.9. The van der Waals surface area contributed by atoms with Crippen LogP contribution in [0.3, 0.4) is 0 Å². The van der Waals surface area contributed by atoms with Gasteiger partial charge in [0.15, 0.2) is 0 Å². The molecule has 3 atom stereocenters. The molecule has 6 N–H and O–H groups in total. The maximum Gasteiger partial charge on any atom is 0.312 e. The second kappa shape index (κ2) is 35.8. The quantitative estimate of drug-likeness (QED) is 0.0598. The zero-order valence-corrected chi connectivity index (χ0v) is 38.8. The molecular weight excluding hydrogens is 821 g/mol. The van der Waals surface area contributed by atoms with Crippen molar-refractivity contribution in [3.63, 3.8) is 0 Å². The van der Waals surface area contributed by atoms with Crippen molar-refractivity contribution in [1.29, 1.82) is 0 Å². The Morgan fingerprint density at radius 3 is 1.90 bits per heavy atom. The zero-order valence-electron chi connectivity index (χ0n) is 38.8. The summed E-state index contributed by atoms with van der Waals surface area (Å²) < 4.78 is 47.0. The van der Waals surface area contributed by atoms with E-state index in [0.717, 1.165) is 56.5 Å². The van der Waals surface area contributed by atoms with Crippen molar-refractivity contribution in [2.45, 2.75) is 117 Å². The average Bonchev–Trinajstić information content (AvgIpc) is 3.62. The molecule has 20 nitrogen and oxygen atoms in total. The summed E-state index contributed by atoms with van der Waals surface area (Å²) in [6.07, 6.45) is 6.95. The molecule has 1 aromatic heterocycles. The van der Waals surface area contributed by atoms with Crippen LogP contribution in [0.15, 0.2) is 0 Å². The number of nitrogens with two attached hydrogens (primary N) is 1. The predicted octanol–water partition coefficient (Wildman–Crippen LogP) is 2.21.